The molecule has 0 aliphatic carbocycles. The molecule has 2 aromatic rings. The van der Waals surface area contributed by atoms with Gasteiger partial charge in [-0.1, -0.05) is 19.1 Å². The van der Waals surface area contributed by atoms with Crippen molar-refractivity contribution < 1.29 is 23.9 Å². The Hall–Kier alpha value is -3.35. The number of anilines is 1. The molecule has 0 bridgehead atoms. The van der Waals surface area contributed by atoms with Crippen molar-refractivity contribution in [1.29, 1.82) is 0 Å². The highest BCUT2D eigenvalue weighted by atomic mass is 16.5. The molecule has 0 radical (unpaired) electrons. The van der Waals surface area contributed by atoms with Crippen molar-refractivity contribution >= 4 is 23.5 Å². The molecule has 0 aliphatic rings. The van der Waals surface area contributed by atoms with Crippen molar-refractivity contribution in [1.82, 2.24) is 5.32 Å². The molecule has 0 saturated carbocycles. The number of carbonyl (C=O) groups excluding carboxylic acids is 3. The van der Waals surface area contributed by atoms with Crippen LogP contribution in [-0.2, 0) is 20.7 Å². The molecule has 0 unspecified atom stereocenters. The molecule has 0 saturated heterocycles. The van der Waals surface area contributed by atoms with E-state index >= 15 is 0 Å². The number of esters is 1. The number of nitrogens with one attached hydrogen (secondary N) is 2. The SMILES string of the molecule is CCc1ccc(NC(=O)[C@@H](C)OC(=O)CNC(=O)c2ccc(OC)cc2)cc1. The number of rotatable bonds is 8. The van der Waals surface area contributed by atoms with Gasteiger partial charge in [-0.15, -0.1) is 0 Å². The third-order valence-electron chi connectivity index (χ3n) is 4.05. The van der Waals surface area contributed by atoms with Crippen LogP contribution in [0.1, 0.15) is 29.8 Å². The summed E-state index contributed by atoms with van der Waals surface area (Å²) < 4.78 is 10.1. The predicted octanol–water partition coefficient (Wildman–Crippen LogP) is 2.56. The standard InChI is InChI=1S/C21H24N2O5/c1-4-15-5-9-17(10-6-15)23-20(25)14(2)28-19(24)13-22-21(26)16-7-11-18(27-3)12-8-16/h5-12,14H,4,13H2,1-3H3,(H,22,26)(H,23,25)/t14-/m1/s1. The van der Waals surface area contributed by atoms with Crippen LogP contribution in [0.2, 0.25) is 0 Å². The van der Waals surface area contributed by atoms with E-state index in [9.17, 15) is 14.4 Å². The van der Waals surface area contributed by atoms with Crippen LogP contribution in [0.5, 0.6) is 5.75 Å². The Bertz CT molecular complexity index is 816. The van der Waals surface area contributed by atoms with Gasteiger partial charge in [0.2, 0.25) is 0 Å². The first-order valence-corrected chi connectivity index (χ1v) is 8.94. The third kappa shape index (κ3) is 6.12. The van der Waals surface area contributed by atoms with Crippen LogP contribution >= 0.6 is 0 Å². The normalized spacial score (nSPS) is 11.2. The topological polar surface area (TPSA) is 93.7 Å². The van der Waals surface area contributed by atoms with Crippen molar-refractivity contribution in [3.63, 3.8) is 0 Å². The summed E-state index contributed by atoms with van der Waals surface area (Å²) in [6, 6.07) is 13.9. The Morgan fingerprint density at radius 1 is 1.00 bits per heavy atom. The number of hydrogen-bond acceptors (Lipinski definition) is 5. The average Bonchev–Trinajstić information content (AvgIpc) is 2.72. The number of hydrogen-bond donors (Lipinski definition) is 2. The first-order chi connectivity index (χ1) is 13.4. The van der Waals surface area contributed by atoms with Gasteiger partial charge in [-0.25, -0.2) is 0 Å². The molecule has 2 rings (SSSR count). The molecular formula is C21H24N2O5. The van der Waals surface area contributed by atoms with E-state index in [1.165, 1.54) is 14.0 Å². The van der Waals surface area contributed by atoms with Crippen LogP contribution in [0.15, 0.2) is 48.5 Å². The highest BCUT2D eigenvalue weighted by molar-refractivity contribution is 5.97. The second-order valence-electron chi connectivity index (χ2n) is 6.08. The van der Waals surface area contributed by atoms with Crippen molar-refractivity contribution in [2.75, 3.05) is 19.0 Å². The Balaban J connectivity index is 1.78. The number of ether oxygens (including phenoxy) is 2. The maximum atomic E-state index is 12.1. The fraction of sp³-hybridized carbons (Fsp3) is 0.286. The second-order valence-corrected chi connectivity index (χ2v) is 6.08. The van der Waals surface area contributed by atoms with Gasteiger partial charge >= 0.3 is 5.97 Å². The van der Waals surface area contributed by atoms with E-state index in [4.69, 9.17) is 9.47 Å². The van der Waals surface area contributed by atoms with Crippen molar-refractivity contribution in [2.24, 2.45) is 0 Å². The van der Waals surface area contributed by atoms with E-state index in [1.54, 1.807) is 36.4 Å². The van der Waals surface area contributed by atoms with Crippen LogP contribution in [0.4, 0.5) is 5.69 Å². The minimum Gasteiger partial charge on any atom is -0.497 e. The predicted molar refractivity (Wildman–Crippen MR) is 105 cm³/mol. The van der Waals surface area contributed by atoms with Gasteiger partial charge in [0.25, 0.3) is 11.8 Å². The lowest BCUT2D eigenvalue weighted by molar-refractivity contribution is -0.152. The smallest absolute Gasteiger partial charge is 0.326 e. The van der Waals surface area contributed by atoms with Crippen LogP contribution in [0, 0.1) is 0 Å². The highest BCUT2D eigenvalue weighted by Crippen LogP contribution is 2.12. The maximum absolute atomic E-state index is 12.1. The van der Waals surface area contributed by atoms with E-state index in [-0.39, 0.29) is 6.54 Å². The lowest BCUT2D eigenvalue weighted by atomic mass is 10.1. The van der Waals surface area contributed by atoms with Crippen molar-refractivity contribution in [3.05, 3.63) is 59.7 Å². The maximum Gasteiger partial charge on any atom is 0.326 e. The lowest BCUT2D eigenvalue weighted by Crippen LogP contribution is -2.35. The molecule has 0 aliphatic heterocycles. The minimum absolute atomic E-state index is 0.340. The fourth-order valence-corrected chi connectivity index (χ4v) is 2.36. The molecule has 0 fully saturated rings. The zero-order chi connectivity index (χ0) is 20.5. The van der Waals surface area contributed by atoms with Gasteiger partial charge in [0.1, 0.15) is 12.3 Å². The molecule has 2 N–H and O–H groups in total. The molecule has 7 heteroatoms. The van der Waals surface area contributed by atoms with Gasteiger partial charge < -0.3 is 20.1 Å². The summed E-state index contributed by atoms with van der Waals surface area (Å²) in [4.78, 5) is 36.1. The number of amides is 2. The van der Waals surface area contributed by atoms with Gasteiger partial charge in [-0.2, -0.15) is 0 Å². The van der Waals surface area contributed by atoms with Gasteiger partial charge in [0, 0.05) is 11.3 Å². The molecule has 7 nitrogen and oxygen atoms in total. The highest BCUT2D eigenvalue weighted by Gasteiger charge is 2.18. The van der Waals surface area contributed by atoms with E-state index in [1.807, 2.05) is 19.1 Å². The number of aryl methyl sites for hydroxylation is 1. The molecule has 148 valence electrons. The Kier molecular flexibility index (Phi) is 7.56. The van der Waals surface area contributed by atoms with E-state index in [0.717, 1.165) is 12.0 Å². The first kappa shape index (κ1) is 21.0. The first-order valence-electron chi connectivity index (χ1n) is 8.94. The Morgan fingerprint density at radius 3 is 2.21 bits per heavy atom. The van der Waals surface area contributed by atoms with Crippen molar-refractivity contribution in [2.45, 2.75) is 26.4 Å². The molecule has 1 atom stereocenters. The molecular weight excluding hydrogens is 360 g/mol. The van der Waals surface area contributed by atoms with Gasteiger partial charge in [-0.3, -0.25) is 14.4 Å². The van der Waals surface area contributed by atoms with E-state index in [2.05, 4.69) is 10.6 Å². The molecule has 0 spiro atoms. The summed E-state index contributed by atoms with van der Waals surface area (Å²) in [6.45, 7) is 3.18. The van der Waals surface area contributed by atoms with E-state index < -0.39 is 23.9 Å². The lowest BCUT2D eigenvalue weighted by Gasteiger charge is -2.14. The Morgan fingerprint density at radius 2 is 1.64 bits per heavy atom. The van der Waals surface area contributed by atoms with E-state index in [0.29, 0.717) is 17.0 Å². The molecule has 28 heavy (non-hydrogen) atoms. The molecule has 0 aromatic heterocycles. The summed E-state index contributed by atoms with van der Waals surface area (Å²) in [5.74, 6) is -0.947. The second kappa shape index (κ2) is 10.1. The monoisotopic (exact) mass is 384 g/mol. The number of methoxy groups -OCH3 is 1. The van der Waals surface area contributed by atoms with Crippen LogP contribution in [0.25, 0.3) is 0 Å². The zero-order valence-electron chi connectivity index (χ0n) is 16.2. The van der Waals surface area contributed by atoms with Crippen molar-refractivity contribution in [3.8, 4) is 5.75 Å². The average molecular weight is 384 g/mol. The number of benzene rings is 2. The van der Waals surface area contributed by atoms with Gasteiger partial charge in [-0.05, 0) is 55.3 Å². The summed E-state index contributed by atoms with van der Waals surface area (Å²) in [5, 5.41) is 5.14. The van der Waals surface area contributed by atoms with Crippen LogP contribution in [0.3, 0.4) is 0 Å². The summed E-state index contributed by atoms with van der Waals surface area (Å²) >= 11 is 0. The minimum atomic E-state index is -0.990. The molecule has 2 aromatic carbocycles. The van der Waals surface area contributed by atoms with Gasteiger partial charge in [0.15, 0.2) is 6.10 Å². The molecule has 2 amide bonds. The summed E-state index contributed by atoms with van der Waals surface area (Å²) in [6.07, 6.45) is -0.0824. The fourth-order valence-electron chi connectivity index (χ4n) is 2.36. The zero-order valence-corrected chi connectivity index (χ0v) is 16.2. The molecule has 0 heterocycles. The summed E-state index contributed by atoms with van der Waals surface area (Å²) in [5.41, 5.74) is 2.16. The third-order valence-corrected chi connectivity index (χ3v) is 4.05. The quantitative estimate of drug-likeness (QED) is 0.682. The van der Waals surface area contributed by atoms with Crippen LogP contribution in [-0.4, -0.2) is 37.5 Å². The number of carbonyl (C=O) groups is 3. The van der Waals surface area contributed by atoms with Gasteiger partial charge in [0.05, 0.1) is 7.11 Å². The van der Waals surface area contributed by atoms with Crippen LogP contribution < -0.4 is 15.4 Å². The summed E-state index contributed by atoms with van der Waals surface area (Å²) in [7, 11) is 1.53. The largest absolute Gasteiger partial charge is 0.497 e. The Labute approximate surface area is 164 Å².